The van der Waals surface area contributed by atoms with Crippen molar-refractivity contribution >= 4 is 12.0 Å². The second-order valence-electron chi connectivity index (χ2n) is 8.65. The highest BCUT2D eigenvalue weighted by Gasteiger charge is 2.24. The number of unbranched alkanes of at least 4 members (excludes halogenated alkanes) is 7. The van der Waals surface area contributed by atoms with E-state index in [4.69, 9.17) is 4.74 Å². The Kier molecular flexibility index (Phi) is 12.1. The SMILES string of the molecule is CCCCCCCCCCNC(=O)[C@H](Cc1ccccc1)NC(=O)OC(C)(C)C. The topological polar surface area (TPSA) is 67.4 Å². The third kappa shape index (κ3) is 12.9. The third-order valence-electron chi connectivity index (χ3n) is 4.62. The number of ether oxygens (including phenoxy) is 1. The lowest BCUT2D eigenvalue weighted by Gasteiger charge is -2.23. The Labute approximate surface area is 177 Å². The van der Waals surface area contributed by atoms with Crippen LogP contribution in [0.5, 0.6) is 0 Å². The van der Waals surface area contributed by atoms with Crippen LogP contribution < -0.4 is 10.6 Å². The molecule has 0 fully saturated rings. The molecule has 0 heterocycles. The molecule has 0 spiro atoms. The quantitative estimate of drug-likeness (QED) is 0.434. The minimum atomic E-state index is -0.652. The van der Waals surface area contributed by atoms with Gasteiger partial charge in [0.2, 0.25) is 5.91 Å². The molecule has 29 heavy (non-hydrogen) atoms. The molecular formula is C24H40N2O3. The van der Waals surface area contributed by atoms with Crippen molar-refractivity contribution in [1.82, 2.24) is 10.6 Å². The van der Waals surface area contributed by atoms with Crippen LogP contribution in [0.15, 0.2) is 30.3 Å². The van der Waals surface area contributed by atoms with Gasteiger partial charge in [-0.25, -0.2) is 4.79 Å². The number of hydrogen-bond donors (Lipinski definition) is 2. The molecule has 0 radical (unpaired) electrons. The first kappa shape index (κ1) is 25.0. The summed E-state index contributed by atoms with van der Waals surface area (Å²) in [5.41, 5.74) is 0.394. The van der Waals surface area contributed by atoms with Crippen molar-refractivity contribution in [2.24, 2.45) is 0 Å². The van der Waals surface area contributed by atoms with E-state index in [1.807, 2.05) is 30.3 Å². The second kappa shape index (κ2) is 14.0. The Morgan fingerprint density at radius 1 is 0.931 bits per heavy atom. The maximum absolute atomic E-state index is 12.7. The lowest BCUT2D eigenvalue weighted by molar-refractivity contribution is -0.123. The van der Waals surface area contributed by atoms with Crippen LogP contribution in [0.4, 0.5) is 4.79 Å². The predicted octanol–water partition coefficient (Wildman–Crippen LogP) is 5.38. The standard InChI is InChI=1S/C24H40N2O3/c1-5-6-7-8-9-10-11-15-18-25-22(27)21(19-20-16-13-12-14-17-20)26-23(28)29-24(2,3)4/h12-14,16-17,21H,5-11,15,18-19H2,1-4H3,(H,25,27)(H,26,28)/t21-/m0/s1. The Hall–Kier alpha value is -2.04. The van der Waals surface area contributed by atoms with E-state index in [1.54, 1.807) is 20.8 Å². The molecule has 2 amide bonds. The smallest absolute Gasteiger partial charge is 0.408 e. The molecular weight excluding hydrogens is 364 g/mol. The summed E-state index contributed by atoms with van der Waals surface area (Å²) in [6.07, 6.45) is 9.65. The van der Waals surface area contributed by atoms with Crippen molar-refractivity contribution < 1.29 is 14.3 Å². The van der Waals surface area contributed by atoms with Crippen molar-refractivity contribution in [2.75, 3.05) is 6.54 Å². The first-order valence-corrected chi connectivity index (χ1v) is 11.1. The third-order valence-corrected chi connectivity index (χ3v) is 4.62. The molecule has 5 nitrogen and oxygen atoms in total. The fraction of sp³-hybridized carbons (Fsp3) is 0.667. The van der Waals surface area contributed by atoms with Gasteiger partial charge in [0.05, 0.1) is 0 Å². The van der Waals surface area contributed by atoms with E-state index in [9.17, 15) is 9.59 Å². The molecule has 5 heteroatoms. The fourth-order valence-corrected chi connectivity index (χ4v) is 3.10. The van der Waals surface area contributed by atoms with Crippen LogP contribution in [0.25, 0.3) is 0 Å². The van der Waals surface area contributed by atoms with Crippen LogP contribution in [0.3, 0.4) is 0 Å². The summed E-state index contributed by atoms with van der Waals surface area (Å²) in [6.45, 7) is 8.28. The van der Waals surface area contributed by atoms with Crippen molar-refractivity contribution in [3.8, 4) is 0 Å². The van der Waals surface area contributed by atoms with Gasteiger partial charge in [-0.15, -0.1) is 0 Å². The lowest BCUT2D eigenvalue weighted by atomic mass is 10.1. The van der Waals surface area contributed by atoms with Gasteiger partial charge in [-0.2, -0.15) is 0 Å². The van der Waals surface area contributed by atoms with Gasteiger partial charge in [0, 0.05) is 13.0 Å². The molecule has 0 aromatic heterocycles. The van der Waals surface area contributed by atoms with Crippen LogP contribution >= 0.6 is 0 Å². The van der Waals surface area contributed by atoms with Crippen molar-refractivity contribution in [2.45, 2.75) is 97.1 Å². The summed E-state index contributed by atoms with van der Waals surface area (Å²) < 4.78 is 5.32. The predicted molar refractivity (Wildman–Crippen MR) is 119 cm³/mol. The zero-order chi connectivity index (χ0) is 21.5. The van der Waals surface area contributed by atoms with E-state index in [0.29, 0.717) is 13.0 Å². The van der Waals surface area contributed by atoms with Gasteiger partial charge in [0.1, 0.15) is 11.6 Å². The number of carbonyl (C=O) groups is 2. The van der Waals surface area contributed by atoms with Crippen molar-refractivity contribution in [1.29, 1.82) is 0 Å². The summed E-state index contributed by atoms with van der Waals surface area (Å²) in [4.78, 5) is 24.8. The second-order valence-corrected chi connectivity index (χ2v) is 8.65. The first-order chi connectivity index (χ1) is 13.8. The van der Waals surface area contributed by atoms with Crippen LogP contribution in [0.2, 0.25) is 0 Å². The van der Waals surface area contributed by atoms with Crippen LogP contribution in [0.1, 0.15) is 84.6 Å². The molecule has 164 valence electrons. The maximum atomic E-state index is 12.7. The van der Waals surface area contributed by atoms with E-state index in [0.717, 1.165) is 18.4 Å². The summed E-state index contributed by atoms with van der Waals surface area (Å²) in [5, 5.41) is 5.70. The van der Waals surface area contributed by atoms with Crippen molar-refractivity contribution in [3.63, 3.8) is 0 Å². The molecule has 1 aromatic carbocycles. The molecule has 0 saturated carbocycles. The van der Waals surface area contributed by atoms with Gasteiger partial charge in [0.15, 0.2) is 0 Å². The van der Waals surface area contributed by atoms with E-state index in [1.165, 1.54) is 38.5 Å². The summed E-state index contributed by atoms with van der Waals surface area (Å²) in [5.74, 6) is -0.164. The molecule has 0 aliphatic heterocycles. The number of nitrogens with one attached hydrogen (secondary N) is 2. The Bertz CT molecular complexity index is 582. The number of benzene rings is 1. The molecule has 0 saturated heterocycles. The van der Waals surface area contributed by atoms with Gasteiger partial charge in [0.25, 0.3) is 0 Å². The molecule has 0 aliphatic carbocycles. The van der Waals surface area contributed by atoms with E-state index in [-0.39, 0.29) is 5.91 Å². The molecule has 1 rings (SSSR count). The van der Waals surface area contributed by atoms with E-state index < -0.39 is 17.7 Å². The highest BCUT2D eigenvalue weighted by molar-refractivity contribution is 5.86. The maximum Gasteiger partial charge on any atom is 0.408 e. The van der Waals surface area contributed by atoms with Gasteiger partial charge >= 0.3 is 6.09 Å². The summed E-state index contributed by atoms with van der Waals surface area (Å²) in [6, 6.07) is 9.05. The number of amides is 2. The van der Waals surface area contributed by atoms with Crippen molar-refractivity contribution in [3.05, 3.63) is 35.9 Å². The van der Waals surface area contributed by atoms with Gasteiger partial charge in [-0.1, -0.05) is 82.2 Å². The highest BCUT2D eigenvalue weighted by atomic mass is 16.6. The van der Waals surface area contributed by atoms with E-state index >= 15 is 0 Å². The Balaban J connectivity index is 2.43. The minimum absolute atomic E-state index is 0.164. The molecule has 0 aliphatic rings. The number of carbonyl (C=O) groups excluding carboxylic acids is 2. The molecule has 2 N–H and O–H groups in total. The zero-order valence-electron chi connectivity index (χ0n) is 18.8. The fourth-order valence-electron chi connectivity index (χ4n) is 3.10. The minimum Gasteiger partial charge on any atom is -0.444 e. The van der Waals surface area contributed by atoms with Gasteiger partial charge in [-0.05, 0) is 32.8 Å². The van der Waals surface area contributed by atoms with Gasteiger partial charge < -0.3 is 15.4 Å². The monoisotopic (exact) mass is 404 g/mol. The number of alkyl carbamates (subject to hydrolysis) is 1. The summed E-state index contributed by atoms with van der Waals surface area (Å²) >= 11 is 0. The van der Waals surface area contributed by atoms with E-state index in [2.05, 4.69) is 17.6 Å². The summed E-state index contributed by atoms with van der Waals surface area (Å²) in [7, 11) is 0. The normalized spacial score (nSPS) is 12.3. The highest BCUT2D eigenvalue weighted by Crippen LogP contribution is 2.10. The Morgan fingerprint density at radius 3 is 2.10 bits per heavy atom. The average molecular weight is 405 g/mol. The van der Waals surface area contributed by atoms with Crippen LogP contribution in [0, 0.1) is 0 Å². The Morgan fingerprint density at radius 2 is 1.52 bits per heavy atom. The number of rotatable bonds is 13. The zero-order valence-corrected chi connectivity index (χ0v) is 18.8. The lowest BCUT2D eigenvalue weighted by Crippen LogP contribution is -2.49. The number of hydrogen-bond acceptors (Lipinski definition) is 3. The molecule has 1 atom stereocenters. The molecule has 0 unspecified atom stereocenters. The van der Waals surface area contributed by atoms with Crippen LogP contribution in [-0.2, 0) is 16.0 Å². The van der Waals surface area contributed by atoms with Crippen LogP contribution in [-0.4, -0.2) is 30.2 Å². The average Bonchev–Trinajstić information content (AvgIpc) is 2.65. The molecule has 1 aromatic rings. The van der Waals surface area contributed by atoms with Gasteiger partial charge in [-0.3, -0.25) is 4.79 Å². The first-order valence-electron chi connectivity index (χ1n) is 11.1. The largest absolute Gasteiger partial charge is 0.444 e. The molecule has 0 bridgehead atoms.